The van der Waals surface area contributed by atoms with Crippen LogP contribution in [-0.4, -0.2) is 29.7 Å². The molecule has 1 aromatic heterocycles. The van der Waals surface area contributed by atoms with Gasteiger partial charge in [0.2, 0.25) is 0 Å². The summed E-state index contributed by atoms with van der Waals surface area (Å²) in [5, 5.41) is 3.03. The van der Waals surface area contributed by atoms with Crippen molar-refractivity contribution in [3.05, 3.63) is 72.1 Å². The van der Waals surface area contributed by atoms with Gasteiger partial charge in [-0.3, -0.25) is 0 Å². The van der Waals surface area contributed by atoms with Gasteiger partial charge in [0, 0.05) is 18.9 Å². The summed E-state index contributed by atoms with van der Waals surface area (Å²) in [5.74, 6) is 1.23. The Hall–Kier alpha value is -3.55. The number of nitrogens with two attached hydrogens (primary N) is 1. The van der Waals surface area contributed by atoms with Gasteiger partial charge in [-0.05, 0) is 35.4 Å². The van der Waals surface area contributed by atoms with Gasteiger partial charge in [-0.2, -0.15) is 0 Å². The van der Waals surface area contributed by atoms with Crippen LogP contribution >= 0.6 is 0 Å². The predicted molar refractivity (Wildman–Crippen MR) is 105 cm³/mol. The largest absolute Gasteiger partial charge is 0.493 e. The first-order valence-electron chi connectivity index (χ1n) is 8.62. The highest BCUT2D eigenvalue weighted by atomic mass is 19.1. The summed E-state index contributed by atoms with van der Waals surface area (Å²) in [6, 6.07) is 10.5. The van der Waals surface area contributed by atoms with Gasteiger partial charge in [-0.1, -0.05) is 12.1 Å². The maximum atomic E-state index is 14.3. The van der Waals surface area contributed by atoms with Crippen molar-refractivity contribution in [3.8, 4) is 17.2 Å². The van der Waals surface area contributed by atoms with Crippen LogP contribution in [0.1, 0.15) is 11.1 Å². The minimum Gasteiger partial charge on any atom is -0.493 e. The van der Waals surface area contributed by atoms with E-state index in [9.17, 15) is 4.39 Å². The molecule has 3 N–H and O–H groups in total. The van der Waals surface area contributed by atoms with E-state index in [1.807, 2.05) is 24.3 Å². The van der Waals surface area contributed by atoms with Crippen molar-refractivity contribution in [2.75, 3.05) is 14.2 Å². The van der Waals surface area contributed by atoms with Crippen LogP contribution in [0.15, 0.2) is 60.1 Å². The van der Waals surface area contributed by atoms with Crippen molar-refractivity contribution in [2.45, 2.75) is 13.1 Å². The SMILES string of the molecule is COc1ccc(CNC(N)=NCc2ccc(-n3ccnc3)c(F)c2)cc1OC. The highest BCUT2D eigenvalue weighted by molar-refractivity contribution is 5.77. The summed E-state index contributed by atoms with van der Waals surface area (Å²) in [6.45, 7) is 0.746. The molecule has 0 aliphatic rings. The number of hydrogen-bond acceptors (Lipinski definition) is 4. The molecular formula is C20H22FN5O2. The van der Waals surface area contributed by atoms with E-state index in [-0.39, 0.29) is 18.3 Å². The predicted octanol–water partition coefficient (Wildman–Crippen LogP) is 2.63. The zero-order chi connectivity index (χ0) is 19.9. The molecule has 0 spiro atoms. The third-order valence-electron chi connectivity index (χ3n) is 4.15. The number of benzene rings is 2. The Labute approximate surface area is 162 Å². The molecule has 146 valence electrons. The van der Waals surface area contributed by atoms with Gasteiger partial charge in [0.1, 0.15) is 5.82 Å². The van der Waals surface area contributed by atoms with Gasteiger partial charge in [-0.25, -0.2) is 14.4 Å². The van der Waals surface area contributed by atoms with E-state index in [0.717, 1.165) is 11.1 Å². The van der Waals surface area contributed by atoms with Gasteiger partial charge < -0.3 is 25.1 Å². The molecule has 0 radical (unpaired) electrons. The molecule has 0 fully saturated rings. The maximum absolute atomic E-state index is 14.3. The normalized spacial score (nSPS) is 11.3. The first-order chi connectivity index (χ1) is 13.6. The number of halogens is 1. The summed E-state index contributed by atoms with van der Waals surface area (Å²) < 4.78 is 26.4. The lowest BCUT2D eigenvalue weighted by molar-refractivity contribution is 0.354. The summed E-state index contributed by atoms with van der Waals surface area (Å²) in [6.07, 6.45) is 4.83. The number of aromatic nitrogens is 2. The Kier molecular flexibility index (Phi) is 6.11. The Morgan fingerprint density at radius 2 is 1.93 bits per heavy atom. The van der Waals surface area contributed by atoms with Crippen LogP contribution in [0.3, 0.4) is 0 Å². The van der Waals surface area contributed by atoms with Crippen LogP contribution in [0.5, 0.6) is 11.5 Å². The summed E-state index contributed by atoms with van der Waals surface area (Å²) >= 11 is 0. The molecule has 8 heteroatoms. The highest BCUT2D eigenvalue weighted by Crippen LogP contribution is 2.27. The number of nitrogens with one attached hydrogen (secondary N) is 1. The summed E-state index contributed by atoms with van der Waals surface area (Å²) in [7, 11) is 3.17. The monoisotopic (exact) mass is 383 g/mol. The molecule has 0 saturated carbocycles. The summed E-state index contributed by atoms with van der Waals surface area (Å²) in [4.78, 5) is 8.18. The Morgan fingerprint density at radius 3 is 2.61 bits per heavy atom. The third-order valence-corrected chi connectivity index (χ3v) is 4.15. The molecule has 0 aliphatic carbocycles. The quantitative estimate of drug-likeness (QED) is 0.484. The van der Waals surface area contributed by atoms with Crippen LogP contribution in [0.25, 0.3) is 5.69 Å². The van der Waals surface area contributed by atoms with Crippen molar-refractivity contribution in [3.63, 3.8) is 0 Å². The maximum Gasteiger partial charge on any atom is 0.189 e. The van der Waals surface area contributed by atoms with Crippen molar-refractivity contribution in [2.24, 2.45) is 10.7 Å². The van der Waals surface area contributed by atoms with Crippen LogP contribution in [0, 0.1) is 5.82 Å². The molecule has 2 aromatic carbocycles. The molecule has 0 unspecified atom stereocenters. The van der Waals surface area contributed by atoms with E-state index in [1.54, 1.807) is 43.6 Å². The van der Waals surface area contributed by atoms with Gasteiger partial charge in [0.05, 0.1) is 32.8 Å². The molecule has 3 rings (SSSR count). The molecule has 0 bridgehead atoms. The first-order valence-corrected chi connectivity index (χ1v) is 8.62. The lowest BCUT2D eigenvalue weighted by Crippen LogP contribution is -2.31. The molecule has 1 heterocycles. The number of aliphatic imine (C=N–C) groups is 1. The first kappa shape index (κ1) is 19.2. The Bertz CT molecular complexity index is 957. The number of methoxy groups -OCH3 is 2. The second-order valence-corrected chi connectivity index (χ2v) is 6.00. The molecule has 28 heavy (non-hydrogen) atoms. The number of ether oxygens (including phenoxy) is 2. The average molecular weight is 383 g/mol. The molecule has 7 nitrogen and oxygen atoms in total. The second kappa shape index (κ2) is 8.90. The van der Waals surface area contributed by atoms with Crippen LogP contribution < -0.4 is 20.5 Å². The zero-order valence-electron chi connectivity index (χ0n) is 15.7. The number of guanidine groups is 1. The molecule has 0 aliphatic heterocycles. The fraction of sp³-hybridized carbons (Fsp3) is 0.200. The lowest BCUT2D eigenvalue weighted by atomic mass is 10.2. The van der Waals surface area contributed by atoms with Crippen molar-refractivity contribution < 1.29 is 13.9 Å². The number of hydrogen-bond donors (Lipinski definition) is 2. The van der Waals surface area contributed by atoms with Gasteiger partial charge in [0.15, 0.2) is 17.5 Å². The number of nitrogens with zero attached hydrogens (tertiary/aromatic N) is 3. The second-order valence-electron chi connectivity index (χ2n) is 6.00. The van der Waals surface area contributed by atoms with E-state index < -0.39 is 0 Å². The Balaban J connectivity index is 1.59. The van der Waals surface area contributed by atoms with Crippen molar-refractivity contribution in [1.82, 2.24) is 14.9 Å². The van der Waals surface area contributed by atoms with E-state index in [1.165, 1.54) is 6.07 Å². The van der Waals surface area contributed by atoms with E-state index in [2.05, 4.69) is 15.3 Å². The molecule has 0 amide bonds. The summed E-state index contributed by atoms with van der Waals surface area (Å²) in [5.41, 5.74) is 8.04. The minimum absolute atomic E-state index is 0.270. The van der Waals surface area contributed by atoms with E-state index >= 15 is 0 Å². The molecule has 3 aromatic rings. The topological polar surface area (TPSA) is 86.7 Å². The fourth-order valence-electron chi connectivity index (χ4n) is 2.68. The van der Waals surface area contributed by atoms with E-state index in [4.69, 9.17) is 15.2 Å². The number of imidazole rings is 1. The lowest BCUT2D eigenvalue weighted by Gasteiger charge is -2.11. The fourth-order valence-corrected chi connectivity index (χ4v) is 2.68. The molecular weight excluding hydrogens is 361 g/mol. The van der Waals surface area contributed by atoms with Crippen LogP contribution in [0.2, 0.25) is 0 Å². The highest BCUT2D eigenvalue weighted by Gasteiger charge is 2.06. The molecule has 0 saturated heterocycles. The van der Waals surface area contributed by atoms with E-state index in [0.29, 0.717) is 23.7 Å². The van der Waals surface area contributed by atoms with Gasteiger partial charge in [-0.15, -0.1) is 0 Å². The van der Waals surface area contributed by atoms with Crippen LogP contribution in [-0.2, 0) is 13.1 Å². The van der Waals surface area contributed by atoms with Gasteiger partial charge in [0.25, 0.3) is 0 Å². The smallest absolute Gasteiger partial charge is 0.189 e. The van der Waals surface area contributed by atoms with Crippen LogP contribution in [0.4, 0.5) is 4.39 Å². The Morgan fingerprint density at radius 1 is 1.14 bits per heavy atom. The third kappa shape index (κ3) is 4.59. The van der Waals surface area contributed by atoms with Crippen molar-refractivity contribution >= 4 is 5.96 Å². The van der Waals surface area contributed by atoms with Gasteiger partial charge >= 0.3 is 0 Å². The van der Waals surface area contributed by atoms with Crippen molar-refractivity contribution in [1.29, 1.82) is 0 Å². The minimum atomic E-state index is -0.345. The standard InChI is InChI=1S/C20H22FN5O2/c1-27-18-6-4-15(10-19(18)28-2)12-25-20(22)24-11-14-3-5-17(16(21)9-14)26-8-7-23-13-26/h3-10,13H,11-12H2,1-2H3,(H3,22,24,25). The zero-order valence-corrected chi connectivity index (χ0v) is 15.7. The average Bonchev–Trinajstić information content (AvgIpc) is 3.25. The number of rotatable bonds is 7. The molecule has 0 atom stereocenters.